The first-order valence-corrected chi connectivity index (χ1v) is 10.0. The molecule has 1 aliphatic carbocycles. The van der Waals surface area contributed by atoms with Gasteiger partial charge in [-0.05, 0) is 32.1 Å². The molecule has 0 radical (unpaired) electrons. The highest BCUT2D eigenvalue weighted by atomic mass is 31.3. The van der Waals surface area contributed by atoms with Crippen molar-refractivity contribution in [3.63, 3.8) is 0 Å². The van der Waals surface area contributed by atoms with Crippen LogP contribution in [0.1, 0.15) is 13.8 Å². The first-order valence-electron chi connectivity index (χ1n) is 6.72. The Balaban J connectivity index is 2.29. The van der Waals surface area contributed by atoms with Gasteiger partial charge in [-0.3, -0.25) is 0 Å². The zero-order valence-electron chi connectivity index (χ0n) is 12.4. The van der Waals surface area contributed by atoms with E-state index in [4.69, 9.17) is 4.31 Å². The summed E-state index contributed by atoms with van der Waals surface area (Å²) < 4.78 is 5.06. The number of rotatable bonds is 4. The van der Waals surface area contributed by atoms with E-state index in [0.717, 1.165) is 5.57 Å². The van der Waals surface area contributed by atoms with Gasteiger partial charge in [-0.2, -0.15) is 19.6 Å². The molecule has 1 aromatic rings. The van der Waals surface area contributed by atoms with E-state index in [0.29, 0.717) is 5.57 Å². The van der Waals surface area contributed by atoms with Crippen molar-refractivity contribution in [2.24, 2.45) is 0 Å². The van der Waals surface area contributed by atoms with Crippen molar-refractivity contribution in [3.8, 4) is 0 Å². The van der Waals surface area contributed by atoms with E-state index in [1.54, 1.807) is 42.5 Å². The fourth-order valence-corrected chi connectivity index (χ4v) is 5.89. The van der Waals surface area contributed by atoms with Crippen LogP contribution in [-0.4, -0.2) is 25.2 Å². The molecule has 0 fully saturated rings. The predicted octanol–water partition coefficient (Wildman–Crippen LogP) is 2.65. The smallest absolute Gasteiger partial charge is 0.189 e. The molecule has 4 N–H and O–H groups in total. The molecule has 0 bridgehead atoms. The quantitative estimate of drug-likeness (QED) is 0.632. The molecule has 1 aromatic carbocycles. The van der Waals surface area contributed by atoms with Gasteiger partial charge in [0.2, 0.25) is 0 Å². The summed E-state index contributed by atoms with van der Waals surface area (Å²) in [5.41, 5.74) is 0.806. The van der Waals surface area contributed by atoms with Gasteiger partial charge in [-0.15, -0.1) is 0 Å². The molecular weight excluding hydrogens is 322 g/mol. The van der Waals surface area contributed by atoms with Gasteiger partial charge in [0.25, 0.3) is 0 Å². The van der Waals surface area contributed by atoms with Crippen molar-refractivity contribution in [3.05, 3.63) is 65.8 Å². The highest BCUT2D eigenvalue weighted by Crippen LogP contribution is 2.71. The Morgan fingerprint density at radius 1 is 1.00 bits per heavy atom. The lowest BCUT2D eigenvalue weighted by Crippen LogP contribution is -2.21. The second kappa shape index (κ2) is 6.69. The zero-order valence-corrected chi connectivity index (χ0v) is 14.2. The summed E-state index contributed by atoms with van der Waals surface area (Å²) in [6.07, 6.45) is 6.83. The summed E-state index contributed by atoms with van der Waals surface area (Å²) in [6.45, 7) is 3.70. The van der Waals surface area contributed by atoms with Gasteiger partial charge in [0.15, 0.2) is 11.0 Å². The van der Waals surface area contributed by atoms with Crippen molar-refractivity contribution in [2.75, 3.05) is 0 Å². The van der Waals surface area contributed by atoms with Gasteiger partial charge in [0.1, 0.15) is 0 Å². The summed E-state index contributed by atoms with van der Waals surface area (Å²) in [5, 5.41) is 0.136. The molecular formula is C15H20O5P2+2. The molecule has 1 unspecified atom stereocenters. The third-order valence-electron chi connectivity index (χ3n) is 3.27. The average Bonchev–Trinajstić information content (AvgIpc) is 2.47. The fraction of sp³-hybridized carbons (Fsp3) is 0.200. The molecule has 1 aliphatic rings. The van der Waals surface area contributed by atoms with E-state index in [1.165, 1.54) is 12.1 Å². The topological polar surface area (TPSA) is 90.2 Å². The maximum atomic E-state index is 10.4. The van der Waals surface area contributed by atoms with Crippen LogP contribution in [0.5, 0.6) is 0 Å². The molecule has 0 heterocycles. The predicted molar refractivity (Wildman–Crippen MR) is 90.3 cm³/mol. The van der Waals surface area contributed by atoms with E-state index in [-0.39, 0.29) is 5.30 Å². The SMILES string of the molecule is CC(C)=C1C=CC=CC1[P+](O)(O)O[P+](O)(O)c1ccccc1. The largest absolute Gasteiger partial charge is 0.496 e. The third-order valence-corrected chi connectivity index (χ3v) is 7.28. The molecule has 2 rings (SSSR count). The van der Waals surface area contributed by atoms with Gasteiger partial charge in [-0.25, -0.2) is 0 Å². The lowest BCUT2D eigenvalue weighted by molar-refractivity contribution is 0.286. The molecule has 1 atom stereocenters. The second-order valence-electron chi connectivity index (χ2n) is 5.19. The lowest BCUT2D eigenvalue weighted by atomic mass is 10.0. The van der Waals surface area contributed by atoms with Gasteiger partial charge >= 0.3 is 15.9 Å². The van der Waals surface area contributed by atoms with E-state index in [9.17, 15) is 19.6 Å². The van der Waals surface area contributed by atoms with Gasteiger partial charge in [0, 0.05) is 9.88 Å². The summed E-state index contributed by atoms with van der Waals surface area (Å²) in [5.74, 6) is 0. The summed E-state index contributed by atoms with van der Waals surface area (Å²) in [6, 6.07) is 7.93. The van der Waals surface area contributed by atoms with Crippen LogP contribution < -0.4 is 5.30 Å². The minimum absolute atomic E-state index is 0.136. The van der Waals surface area contributed by atoms with Crippen LogP contribution in [0.2, 0.25) is 0 Å². The van der Waals surface area contributed by atoms with Crippen LogP contribution in [0.15, 0.2) is 65.8 Å². The van der Waals surface area contributed by atoms with Gasteiger partial charge in [0.05, 0.1) is 0 Å². The third kappa shape index (κ3) is 3.89. The van der Waals surface area contributed by atoms with E-state index in [2.05, 4.69) is 0 Å². The summed E-state index contributed by atoms with van der Waals surface area (Å²) in [4.78, 5) is 41.1. The summed E-state index contributed by atoms with van der Waals surface area (Å²) >= 11 is 0. The molecule has 7 heteroatoms. The van der Waals surface area contributed by atoms with Crippen molar-refractivity contribution < 1.29 is 23.9 Å². The standard InChI is InChI=1S/C15H20O5P2/c1-12(2)14-10-6-7-11-15(14)22(18,19)20-21(16,17)13-8-4-3-5-9-13/h3-11,15-19H,1-2H3/q+2. The normalized spacial score (nSPS) is 18.6. The first-order chi connectivity index (χ1) is 10.2. The fourth-order valence-electron chi connectivity index (χ4n) is 2.17. The van der Waals surface area contributed by atoms with Crippen LogP contribution in [0.4, 0.5) is 0 Å². The van der Waals surface area contributed by atoms with Crippen LogP contribution in [0.3, 0.4) is 0 Å². The molecule has 0 saturated heterocycles. The van der Waals surface area contributed by atoms with Crippen molar-refractivity contribution >= 4 is 21.2 Å². The number of allylic oxidation sites excluding steroid dienone is 6. The molecule has 0 spiro atoms. The Labute approximate surface area is 131 Å². The maximum Gasteiger partial charge on any atom is 0.496 e. The minimum atomic E-state index is -4.07. The molecule has 0 aliphatic heterocycles. The Morgan fingerprint density at radius 2 is 1.64 bits per heavy atom. The Bertz CT molecular complexity index is 616. The molecule has 0 saturated carbocycles. The zero-order chi connectivity index (χ0) is 16.4. The van der Waals surface area contributed by atoms with E-state index in [1.807, 2.05) is 13.8 Å². The second-order valence-corrected chi connectivity index (χ2v) is 9.19. The van der Waals surface area contributed by atoms with Gasteiger partial charge in [-0.1, -0.05) is 42.0 Å². The van der Waals surface area contributed by atoms with Crippen LogP contribution in [0, 0.1) is 0 Å². The number of benzene rings is 1. The highest BCUT2D eigenvalue weighted by molar-refractivity contribution is 7.77. The Kier molecular flexibility index (Phi) is 5.31. The minimum Gasteiger partial charge on any atom is -0.189 e. The Hall–Kier alpha value is -0.900. The lowest BCUT2D eigenvalue weighted by Gasteiger charge is -2.22. The van der Waals surface area contributed by atoms with Crippen molar-refractivity contribution in [2.45, 2.75) is 19.5 Å². The molecule has 0 aromatic heterocycles. The van der Waals surface area contributed by atoms with Crippen LogP contribution >= 0.6 is 15.9 Å². The number of hydrogen-bond acceptors (Lipinski definition) is 5. The Morgan fingerprint density at radius 3 is 2.23 bits per heavy atom. The highest BCUT2D eigenvalue weighted by Gasteiger charge is 2.61. The maximum absolute atomic E-state index is 10.4. The molecule has 0 amide bonds. The van der Waals surface area contributed by atoms with E-state index < -0.39 is 21.5 Å². The molecule has 22 heavy (non-hydrogen) atoms. The van der Waals surface area contributed by atoms with E-state index >= 15 is 0 Å². The number of hydrogen-bond donors (Lipinski definition) is 4. The average molecular weight is 342 g/mol. The van der Waals surface area contributed by atoms with Crippen molar-refractivity contribution in [1.82, 2.24) is 0 Å². The van der Waals surface area contributed by atoms with Crippen LogP contribution in [0.25, 0.3) is 0 Å². The first kappa shape index (κ1) is 17.5. The molecule has 5 nitrogen and oxygen atoms in total. The summed E-state index contributed by atoms with van der Waals surface area (Å²) in [7, 11) is -8.13. The molecule has 118 valence electrons. The monoisotopic (exact) mass is 342 g/mol. The van der Waals surface area contributed by atoms with Crippen LogP contribution in [-0.2, 0) is 4.31 Å². The van der Waals surface area contributed by atoms with Gasteiger partial charge < -0.3 is 0 Å². The van der Waals surface area contributed by atoms with Crippen molar-refractivity contribution in [1.29, 1.82) is 0 Å².